The molecule has 0 aliphatic carbocycles. The van der Waals surface area contributed by atoms with Crippen LogP contribution in [0.3, 0.4) is 0 Å². The second-order valence-corrected chi connectivity index (χ2v) is 7.15. The van der Waals surface area contributed by atoms with Crippen LogP contribution < -0.4 is 5.32 Å². The third-order valence-corrected chi connectivity index (χ3v) is 4.29. The monoisotopic (exact) mass is 353 g/mol. The van der Waals surface area contributed by atoms with Gasteiger partial charge in [-0.2, -0.15) is 0 Å². The summed E-state index contributed by atoms with van der Waals surface area (Å²) in [5.74, 6) is -0.226. The molecule has 0 spiro atoms. The number of halogens is 2. The second-order valence-electron chi connectivity index (χ2n) is 6.29. The van der Waals surface area contributed by atoms with Crippen LogP contribution in [0, 0.1) is 11.2 Å². The molecular weight excluding hydrogens is 333 g/mol. The maximum atomic E-state index is 13.1. The quantitative estimate of drug-likeness (QED) is 0.880. The summed E-state index contributed by atoms with van der Waals surface area (Å²) in [6, 6.07) is 5.08. The van der Waals surface area contributed by atoms with Gasteiger partial charge >= 0.3 is 0 Å². The van der Waals surface area contributed by atoms with Crippen LogP contribution in [-0.2, 0) is 13.1 Å². The van der Waals surface area contributed by atoms with Gasteiger partial charge < -0.3 is 9.88 Å². The van der Waals surface area contributed by atoms with E-state index in [-0.39, 0.29) is 17.3 Å². The number of aromatic nitrogens is 2. The third kappa shape index (κ3) is 4.64. The van der Waals surface area contributed by atoms with E-state index in [1.807, 2.05) is 18.6 Å². The van der Waals surface area contributed by atoms with E-state index in [2.05, 4.69) is 51.6 Å². The van der Waals surface area contributed by atoms with Crippen LogP contribution in [0.25, 0.3) is 0 Å². The Morgan fingerprint density at radius 3 is 2.71 bits per heavy atom. The molecule has 5 heteroatoms. The molecule has 0 aliphatic heterocycles. The van der Waals surface area contributed by atoms with Crippen molar-refractivity contribution in [2.45, 2.75) is 39.9 Å². The van der Waals surface area contributed by atoms with Gasteiger partial charge in [-0.1, -0.05) is 42.8 Å². The fraction of sp³-hybridized carbons (Fsp3) is 0.438. The topological polar surface area (TPSA) is 29.9 Å². The highest BCUT2D eigenvalue weighted by Crippen LogP contribution is 2.23. The predicted octanol–water partition coefficient (Wildman–Crippen LogP) is 3.99. The van der Waals surface area contributed by atoms with E-state index >= 15 is 0 Å². The van der Waals surface area contributed by atoms with Gasteiger partial charge in [-0.25, -0.2) is 9.37 Å². The van der Waals surface area contributed by atoms with Crippen molar-refractivity contribution in [3.8, 4) is 0 Å². The summed E-state index contributed by atoms with van der Waals surface area (Å²) in [5.41, 5.74) is 1.16. The number of imidazole rings is 1. The van der Waals surface area contributed by atoms with Crippen LogP contribution in [-0.4, -0.2) is 15.6 Å². The Morgan fingerprint density at radius 1 is 1.38 bits per heavy atom. The summed E-state index contributed by atoms with van der Waals surface area (Å²) in [7, 11) is 0. The van der Waals surface area contributed by atoms with Crippen LogP contribution in [0.5, 0.6) is 0 Å². The Balaban J connectivity index is 2.05. The minimum Gasteiger partial charge on any atom is -0.336 e. The first kappa shape index (κ1) is 16.2. The zero-order valence-corrected chi connectivity index (χ0v) is 14.2. The Bertz CT molecular complexity index is 576. The zero-order chi connectivity index (χ0) is 15.5. The van der Waals surface area contributed by atoms with Crippen LogP contribution in [0.4, 0.5) is 4.39 Å². The minimum atomic E-state index is -0.226. The first-order chi connectivity index (χ1) is 9.86. The van der Waals surface area contributed by atoms with E-state index in [0.717, 1.165) is 16.6 Å². The highest BCUT2D eigenvalue weighted by atomic mass is 79.9. The molecule has 0 saturated carbocycles. The van der Waals surface area contributed by atoms with Gasteiger partial charge in [0.05, 0.1) is 6.33 Å². The SMILES string of the molecule is CC(C)(C)C(Cn1ccnc1)NCc1ccc(F)cc1Br. The minimum absolute atomic E-state index is 0.108. The van der Waals surface area contributed by atoms with Crippen molar-refractivity contribution in [1.82, 2.24) is 14.9 Å². The number of hydrogen-bond acceptors (Lipinski definition) is 2. The number of hydrogen-bond donors (Lipinski definition) is 1. The summed E-state index contributed by atoms with van der Waals surface area (Å²) in [6.45, 7) is 8.17. The molecule has 0 bridgehead atoms. The molecule has 0 aliphatic rings. The first-order valence-corrected chi connectivity index (χ1v) is 7.78. The van der Waals surface area contributed by atoms with Gasteiger partial charge in [-0.05, 0) is 23.1 Å². The molecule has 1 atom stereocenters. The first-order valence-electron chi connectivity index (χ1n) is 6.99. The van der Waals surface area contributed by atoms with Gasteiger partial charge in [0, 0.05) is 36.0 Å². The molecule has 0 amide bonds. The molecule has 1 N–H and O–H groups in total. The molecule has 1 heterocycles. The van der Waals surface area contributed by atoms with Crippen molar-refractivity contribution in [2.75, 3.05) is 0 Å². The molecule has 1 aromatic carbocycles. The fourth-order valence-corrected chi connectivity index (χ4v) is 2.64. The van der Waals surface area contributed by atoms with Crippen molar-refractivity contribution < 1.29 is 4.39 Å². The lowest BCUT2D eigenvalue weighted by atomic mass is 9.86. The standard InChI is InChI=1S/C16H21BrFN3/c1-16(2,3)15(10-21-7-6-19-11-21)20-9-12-4-5-13(18)8-14(12)17/h4-8,11,15,20H,9-10H2,1-3H3. The highest BCUT2D eigenvalue weighted by molar-refractivity contribution is 9.10. The maximum absolute atomic E-state index is 13.1. The number of nitrogens with zero attached hydrogens (tertiary/aromatic N) is 2. The summed E-state index contributed by atoms with van der Waals surface area (Å²) in [4.78, 5) is 4.09. The molecule has 0 radical (unpaired) electrons. The Kier molecular flexibility index (Phi) is 5.17. The molecule has 0 fully saturated rings. The molecule has 3 nitrogen and oxygen atoms in total. The molecule has 0 saturated heterocycles. The van der Waals surface area contributed by atoms with E-state index < -0.39 is 0 Å². The second kappa shape index (κ2) is 6.71. The van der Waals surface area contributed by atoms with Crippen molar-refractivity contribution in [2.24, 2.45) is 5.41 Å². The summed E-state index contributed by atoms with van der Waals surface area (Å²) >= 11 is 3.41. The number of nitrogens with one attached hydrogen (secondary N) is 1. The van der Waals surface area contributed by atoms with Gasteiger partial charge in [-0.15, -0.1) is 0 Å². The van der Waals surface area contributed by atoms with E-state index in [1.54, 1.807) is 6.20 Å². The molecule has 1 aromatic heterocycles. The van der Waals surface area contributed by atoms with Crippen LogP contribution in [0.1, 0.15) is 26.3 Å². The predicted molar refractivity (Wildman–Crippen MR) is 86.4 cm³/mol. The zero-order valence-electron chi connectivity index (χ0n) is 12.6. The van der Waals surface area contributed by atoms with Crippen molar-refractivity contribution >= 4 is 15.9 Å². The van der Waals surface area contributed by atoms with Crippen LogP contribution in [0.15, 0.2) is 41.4 Å². The van der Waals surface area contributed by atoms with Gasteiger partial charge in [0.15, 0.2) is 0 Å². The maximum Gasteiger partial charge on any atom is 0.124 e. The summed E-state index contributed by atoms with van der Waals surface area (Å²) in [5, 5.41) is 3.57. The van der Waals surface area contributed by atoms with Crippen molar-refractivity contribution in [3.63, 3.8) is 0 Å². The number of rotatable bonds is 5. The van der Waals surface area contributed by atoms with Crippen LogP contribution >= 0.6 is 15.9 Å². The van der Waals surface area contributed by atoms with Crippen molar-refractivity contribution in [3.05, 3.63) is 52.8 Å². The third-order valence-electron chi connectivity index (χ3n) is 3.55. The summed E-state index contributed by atoms with van der Waals surface area (Å²) < 4.78 is 16.0. The normalized spacial score (nSPS) is 13.4. The van der Waals surface area contributed by atoms with Gasteiger partial charge in [0.25, 0.3) is 0 Å². The van der Waals surface area contributed by atoms with E-state index in [9.17, 15) is 4.39 Å². The van der Waals surface area contributed by atoms with E-state index in [1.165, 1.54) is 12.1 Å². The average molecular weight is 354 g/mol. The molecule has 21 heavy (non-hydrogen) atoms. The average Bonchev–Trinajstić information content (AvgIpc) is 2.87. The lowest BCUT2D eigenvalue weighted by Gasteiger charge is -2.32. The van der Waals surface area contributed by atoms with Crippen LogP contribution in [0.2, 0.25) is 0 Å². The Hall–Kier alpha value is -1.20. The Labute approximate surface area is 133 Å². The lowest BCUT2D eigenvalue weighted by molar-refractivity contribution is 0.240. The molecule has 2 aromatic rings. The van der Waals surface area contributed by atoms with E-state index in [0.29, 0.717) is 6.54 Å². The lowest BCUT2D eigenvalue weighted by Crippen LogP contribution is -2.43. The highest BCUT2D eigenvalue weighted by Gasteiger charge is 2.24. The smallest absolute Gasteiger partial charge is 0.124 e. The summed E-state index contributed by atoms with van der Waals surface area (Å²) in [6.07, 6.45) is 5.58. The largest absolute Gasteiger partial charge is 0.336 e. The van der Waals surface area contributed by atoms with E-state index in [4.69, 9.17) is 0 Å². The van der Waals surface area contributed by atoms with Gasteiger partial charge in [0.1, 0.15) is 5.82 Å². The van der Waals surface area contributed by atoms with Crippen molar-refractivity contribution in [1.29, 1.82) is 0 Å². The fourth-order valence-electron chi connectivity index (χ4n) is 2.15. The molecular formula is C16H21BrFN3. The van der Waals surface area contributed by atoms with Gasteiger partial charge in [0.2, 0.25) is 0 Å². The molecule has 1 unspecified atom stereocenters. The molecule has 2 rings (SSSR count). The molecule has 114 valence electrons. The Morgan fingerprint density at radius 2 is 2.14 bits per heavy atom. The number of benzene rings is 1. The van der Waals surface area contributed by atoms with Gasteiger partial charge in [-0.3, -0.25) is 0 Å².